The maximum absolute atomic E-state index is 11.9. The molecule has 0 spiro atoms. The monoisotopic (exact) mass is 277 g/mol. The molecule has 1 aliphatic heterocycles. The van der Waals surface area contributed by atoms with Crippen molar-refractivity contribution in [3.8, 4) is 5.88 Å². The fraction of sp³-hybridized carbons (Fsp3) is 0.667. The third-order valence-corrected chi connectivity index (χ3v) is 3.42. The molecular formula is C15H23N3O2. The lowest BCUT2D eigenvalue weighted by Gasteiger charge is -2.32. The van der Waals surface area contributed by atoms with E-state index in [1.54, 1.807) is 0 Å². The Bertz CT molecular complexity index is 456. The van der Waals surface area contributed by atoms with E-state index in [1.807, 2.05) is 31.7 Å². The number of hydrogen-bond donors (Lipinski definition) is 0. The van der Waals surface area contributed by atoms with E-state index >= 15 is 0 Å². The number of amides is 1. The number of piperidine rings is 1. The van der Waals surface area contributed by atoms with Gasteiger partial charge in [-0.2, -0.15) is 4.98 Å². The Labute approximate surface area is 120 Å². The van der Waals surface area contributed by atoms with Crippen LogP contribution in [0.3, 0.4) is 0 Å². The maximum Gasteiger partial charge on any atom is 0.222 e. The van der Waals surface area contributed by atoms with Gasteiger partial charge >= 0.3 is 0 Å². The van der Waals surface area contributed by atoms with Crippen LogP contribution in [0, 0.1) is 13.8 Å². The lowest BCUT2D eigenvalue weighted by molar-refractivity contribution is -0.133. The highest BCUT2D eigenvalue weighted by Gasteiger charge is 2.24. The molecular weight excluding hydrogens is 254 g/mol. The summed E-state index contributed by atoms with van der Waals surface area (Å²) in [5.74, 6) is 1.57. The molecule has 0 bridgehead atoms. The molecule has 1 saturated heterocycles. The van der Waals surface area contributed by atoms with E-state index in [0.717, 1.165) is 37.3 Å². The van der Waals surface area contributed by atoms with Crippen molar-refractivity contribution in [2.45, 2.75) is 52.6 Å². The highest BCUT2D eigenvalue weighted by molar-refractivity contribution is 5.76. The Morgan fingerprint density at radius 3 is 2.95 bits per heavy atom. The summed E-state index contributed by atoms with van der Waals surface area (Å²) < 4.78 is 5.93. The quantitative estimate of drug-likeness (QED) is 0.847. The maximum atomic E-state index is 11.9. The highest BCUT2D eigenvalue weighted by atomic mass is 16.5. The number of likely N-dealkylation sites (tertiary alicyclic amines) is 1. The molecule has 20 heavy (non-hydrogen) atoms. The number of aromatic nitrogens is 2. The van der Waals surface area contributed by atoms with Crippen LogP contribution < -0.4 is 4.74 Å². The molecule has 110 valence electrons. The molecule has 1 unspecified atom stereocenters. The van der Waals surface area contributed by atoms with Crippen molar-refractivity contribution < 1.29 is 9.53 Å². The Morgan fingerprint density at radius 2 is 2.25 bits per heavy atom. The molecule has 2 rings (SSSR count). The normalized spacial score (nSPS) is 18.9. The summed E-state index contributed by atoms with van der Waals surface area (Å²) in [5, 5.41) is 0. The van der Waals surface area contributed by atoms with E-state index in [9.17, 15) is 4.79 Å². The minimum atomic E-state index is 0.0401. The first-order valence-corrected chi connectivity index (χ1v) is 7.35. The van der Waals surface area contributed by atoms with Crippen molar-refractivity contribution in [2.75, 3.05) is 13.1 Å². The summed E-state index contributed by atoms with van der Waals surface area (Å²) in [5.41, 5.74) is 0.905. The third-order valence-electron chi connectivity index (χ3n) is 3.42. The van der Waals surface area contributed by atoms with Gasteiger partial charge in [0.2, 0.25) is 11.8 Å². The first kappa shape index (κ1) is 14.8. The number of hydrogen-bond acceptors (Lipinski definition) is 4. The second-order valence-electron chi connectivity index (χ2n) is 5.37. The van der Waals surface area contributed by atoms with Gasteiger partial charge in [-0.15, -0.1) is 0 Å². The van der Waals surface area contributed by atoms with Crippen LogP contribution in [-0.2, 0) is 4.79 Å². The van der Waals surface area contributed by atoms with Crippen LogP contribution in [0.1, 0.15) is 44.1 Å². The average Bonchev–Trinajstić information content (AvgIpc) is 2.38. The smallest absolute Gasteiger partial charge is 0.222 e. The van der Waals surface area contributed by atoms with Crippen molar-refractivity contribution in [1.82, 2.24) is 14.9 Å². The van der Waals surface area contributed by atoms with E-state index in [1.165, 1.54) is 0 Å². The van der Waals surface area contributed by atoms with Crippen molar-refractivity contribution >= 4 is 5.91 Å². The average molecular weight is 277 g/mol. The summed E-state index contributed by atoms with van der Waals surface area (Å²) in [6.45, 7) is 7.33. The van der Waals surface area contributed by atoms with E-state index in [0.29, 0.717) is 18.8 Å². The predicted octanol–water partition coefficient (Wildman–Crippen LogP) is 2.26. The van der Waals surface area contributed by atoms with E-state index in [-0.39, 0.29) is 12.0 Å². The molecule has 0 N–H and O–H groups in total. The minimum absolute atomic E-state index is 0.0401. The molecule has 0 radical (unpaired) electrons. The van der Waals surface area contributed by atoms with Crippen LogP contribution in [0.25, 0.3) is 0 Å². The second kappa shape index (κ2) is 6.68. The minimum Gasteiger partial charge on any atom is -0.472 e. The van der Waals surface area contributed by atoms with Crippen molar-refractivity contribution in [1.29, 1.82) is 0 Å². The number of rotatable bonds is 4. The van der Waals surface area contributed by atoms with Crippen molar-refractivity contribution in [3.05, 3.63) is 17.6 Å². The molecule has 5 nitrogen and oxygen atoms in total. The van der Waals surface area contributed by atoms with Crippen LogP contribution in [0.5, 0.6) is 5.88 Å². The van der Waals surface area contributed by atoms with Gasteiger partial charge in [-0.25, -0.2) is 4.98 Å². The number of ether oxygens (including phenoxy) is 1. The van der Waals surface area contributed by atoms with Gasteiger partial charge in [0.05, 0.1) is 6.54 Å². The van der Waals surface area contributed by atoms with Gasteiger partial charge in [0.15, 0.2) is 0 Å². The number of carbonyl (C=O) groups is 1. The topological polar surface area (TPSA) is 55.3 Å². The van der Waals surface area contributed by atoms with Gasteiger partial charge in [0, 0.05) is 24.7 Å². The summed E-state index contributed by atoms with van der Waals surface area (Å²) in [4.78, 5) is 22.4. The Kier molecular flexibility index (Phi) is 4.93. The third kappa shape index (κ3) is 3.92. The van der Waals surface area contributed by atoms with Gasteiger partial charge in [-0.05, 0) is 33.1 Å². The van der Waals surface area contributed by atoms with Gasteiger partial charge in [-0.1, -0.05) is 6.92 Å². The van der Waals surface area contributed by atoms with Gasteiger partial charge in [-0.3, -0.25) is 4.79 Å². The molecule has 2 heterocycles. The van der Waals surface area contributed by atoms with Crippen molar-refractivity contribution in [2.24, 2.45) is 0 Å². The molecule has 0 aromatic carbocycles. The molecule has 1 aromatic rings. The zero-order valence-corrected chi connectivity index (χ0v) is 12.6. The zero-order chi connectivity index (χ0) is 14.5. The molecule has 0 saturated carbocycles. The first-order valence-electron chi connectivity index (χ1n) is 7.35. The molecule has 1 aromatic heterocycles. The lowest BCUT2D eigenvalue weighted by Crippen LogP contribution is -2.44. The van der Waals surface area contributed by atoms with E-state index in [4.69, 9.17) is 4.74 Å². The molecule has 0 aliphatic carbocycles. The van der Waals surface area contributed by atoms with Crippen LogP contribution in [0.4, 0.5) is 0 Å². The molecule has 5 heteroatoms. The Hall–Kier alpha value is -1.65. The summed E-state index contributed by atoms with van der Waals surface area (Å²) >= 11 is 0. The van der Waals surface area contributed by atoms with Crippen LogP contribution in [0.2, 0.25) is 0 Å². The van der Waals surface area contributed by atoms with E-state index in [2.05, 4.69) is 9.97 Å². The predicted molar refractivity (Wildman–Crippen MR) is 76.6 cm³/mol. The second-order valence-corrected chi connectivity index (χ2v) is 5.37. The summed E-state index contributed by atoms with van der Waals surface area (Å²) in [6.07, 6.45) is 3.52. The van der Waals surface area contributed by atoms with Crippen LogP contribution in [0.15, 0.2) is 6.07 Å². The van der Waals surface area contributed by atoms with Gasteiger partial charge < -0.3 is 9.64 Å². The van der Waals surface area contributed by atoms with Crippen LogP contribution >= 0.6 is 0 Å². The highest BCUT2D eigenvalue weighted by Crippen LogP contribution is 2.18. The fourth-order valence-electron chi connectivity index (χ4n) is 2.55. The van der Waals surface area contributed by atoms with E-state index < -0.39 is 0 Å². The summed E-state index contributed by atoms with van der Waals surface area (Å²) in [6, 6.07) is 1.85. The molecule has 1 amide bonds. The molecule has 1 aliphatic rings. The van der Waals surface area contributed by atoms with Gasteiger partial charge in [0.25, 0.3) is 0 Å². The Morgan fingerprint density at radius 1 is 1.45 bits per heavy atom. The SMILES string of the molecule is CCCC(=O)N1CCCC(Oc2cc(C)nc(C)n2)C1. The van der Waals surface area contributed by atoms with Crippen molar-refractivity contribution in [3.63, 3.8) is 0 Å². The lowest BCUT2D eigenvalue weighted by atomic mass is 10.1. The molecule has 1 fully saturated rings. The first-order chi connectivity index (χ1) is 9.58. The zero-order valence-electron chi connectivity index (χ0n) is 12.6. The van der Waals surface area contributed by atoms with Gasteiger partial charge in [0.1, 0.15) is 11.9 Å². The largest absolute Gasteiger partial charge is 0.472 e. The standard InChI is InChI=1S/C15H23N3O2/c1-4-6-15(19)18-8-5-7-13(10-18)20-14-9-11(2)16-12(3)17-14/h9,13H,4-8,10H2,1-3H3. The fourth-order valence-corrected chi connectivity index (χ4v) is 2.55. The summed E-state index contributed by atoms with van der Waals surface area (Å²) in [7, 11) is 0. The number of carbonyl (C=O) groups excluding carboxylic acids is 1. The number of aryl methyl sites for hydroxylation is 2. The molecule has 1 atom stereocenters. The Balaban J connectivity index is 1.97. The van der Waals surface area contributed by atoms with Crippen LogP contribution in [-0.4, -0.2) is 40.0 Å². The number of nitrogens with zero attached hydrogens (tertiary/aromatic N) is 3.